The third-order valence-corrected chi connectivity index (χ3v) is 3.65. The van der Waals surface area contributed by atoms with Crippen LogP contribution in [-0.4, -0.2) is 15.7 Å². The zero-order chi connectivity index (χ0) is 12.3. The van der Waals surface area contributed by atoms with Crippen LogP contribution in [0.25, 0.3) is 0 Å². The van der Waals surface area contributed by atoms with E-state index in [4.69, 9.17) is 0 Å². The van der Waals surface area contributed by atoms with Gasteiger partial charge in [0.2, 0.25) is 0 Å². The van der Waals surface area contributed by atoms with Crippen molar-refractivity contribution in [3.63, 3.8) is 0 Å². The predicted octanol–water partition coefficient (Wildman–Crippen LogP) is 4.28. The third-order valence-electron chi connectivity index (χ3n) is 1.91. The van der Waals surface area contributed by atoms with Gasteiger partial charge in [-0.1, -0.05) is 34.6 Å². The van der Waals surface area contributed by atoms with Gasteiger partial charge in [0.1, 0.15) is 15.5 Å². The van der Waals surface area contributed by atoms with Gasteiger partial charge >= 0.3 is 0 Å². The molecule has 0 N–H and O–H groups in total. The number of thioether (sulfide) groups is 1. The van der Waals surface area contributed by atoms with E-state index in [9.17, 15) is 0 Å². The minimum Gasteiger partial charge on any atom is -0.226 e. The van der Waals surface area contributed by atoms with E-state index in [1.807, 2.05) is 6.07 Å². The molecule has 1 aromatic rings. The van der Waals surface area contributed by atoms with E-state index >= 15 is 0 Å². The van der Waals surface area contributed by atoms with Crippen molar-refractivity contribution in [2.45, 2.75) is 45.1 Å². The van der Waals surface area contributed by atoms with E-state index in [0.717, 1.165) is 21.2 Å². The number of hydrogen-bond acceptors (Lipinski definition) is 3. The molecule has 0 amide bonds. The summed E-state index contributed by atoms with van der Waals surface area (Å²) < 4.78 is 0.874. The molecule has 0 fully saturated rings. The van der Waals surface area contributed by atoms with Crippen LogP contribution in [0.4, 0.5) is 0 Å². The van der Waals surface area contributed by atoms with Crippen molar-refractivity contribution in [2.24, 2.45) is 5.92 Å². The summed E-state index contributed by atoms with van der Waals surface area (Å²) in [6, 6.07) is 1.99. The van der Waals surface area contributed by atoms with Gasteiger partial charge in [0, 0.05) is 17.2 Å². The summed E-state index contributed by atoms with van der Waals surface area (Å²) in [6.45, 7) is 10.8. The van der Waals surface area contributed by atoms with Gasteiger partial charge in [-0.15, -0.1) is 11.8 Å². The van der Waals surface area contributed by atoms with Crippen LogP contribution in [0.1, 0.15) is 40.4 Å². The Bertz CT molecular complexity index is 359. The quantitative estimate of drug-likeness (QED) is 0.615. The lowest BCUT2D eigenvalue weighted by atomic mass is 9.96. The highest BCUT2D eigenvalue weighted by Crippen LogP contribution is 2.25. The molecular formula is C12H19BrN2S. The lowest BCUT2D eigenvalue weighted by Crippen LogP contribution is -2.16. The van der Waals surface area contributed by atoms with Gasteiger partial charge in [0.05, 0.1) is 0 Å². The Balaban J connectivity index is 2.90. The van der Waals surface area contributed by atoms with Crippen LogP contribution in [0.3, 0.4) is 0 Å². The first-order valence-electron chi connectivity index (χ1n) is 5.47. The molecule has 0 aliphatic rings. The fraction of sp³-hybridized carbons (Fsp3) is 0.667. The van der Waals surface area contributed by atoms with Crippen LogP contribution in [0, 0.1) is 5.92 Å². The van der Waals surface area contributed by atoms with Crippen LogP contribution >= 0.6 is 27.7 Å². The van der Waals surface area contributed by atoms with Crippen molar-refractivity contribution >= 4 is 27.7 Å². The monoisotopic (exact) mass is 302 g/mol. The molecule has 1 aromatic heterocycles. The Hall–Kier alpha value is -0.0900. The van der Waals surface area contributed by atoms with E-state index in [2.05, 4.69) is 60.5 Å². The molecule has 2 nitrogen and oxygen atoms in total. The SMILES string of the molecule is CC(C)CSc1cc(Br)nc(C(C)(C)C)n1. The van der Waals surface area contributed by atoms with Gasteiger partial charge in [-0.3, -0.25) is 0 Å². The summed E-state index contributed by atoms with van der Waals surface area (Å²) in [6.07, 6.45) is 0. The number of nitrogens with zero attached hydrogens (tertiary/aromatic N) is 2. The van der Waals surface area contributed by atoms with Gasteiger partial charge in [0.25, 0.3) is 0 Å². The second-order valence-electron chi connectivity index (χ2n) is 5.31. The summed E-state index contributed by atoms with van der Waals surface area (Å²) in [5.74, 6) is 2.66. The maximum Gasteiger partial charge on any atom is 0.136 e. The Kier molecular flexibility index (Phi) is 4.80. The normalized spacial score (nSPS) is 12.2. The third kappa shape index (κ3) is 4.42. The molecule has 1 rings (SSSR count). The first kappa shape index (κ1) is 14.0. The van der Waals surface area contributed by atoms with Crippen molar-refractivity contribution in [3.05, 3.63) is 16.5 Å². The molecule has 0 saturated carbocycles. The summed E-state index contributed by atoms with van der Waals surface area (Å²) in [7, 11) is 0. The minimum absolute atomic E-state index is 0.00305. The smallest absolute Gasteiger partial charge is 0.136 e. The Morgan fingerprint density at radius 2 is 1.94 bits per heavy atom. The maximum atomic E-state index is 4.60. The topological polar surface area (TPSA) is 25.8 Å². The van der Waals surface area contributed by atoms with E-state index in [1.54, 1.807) is 11.8 Å². The molecule has 0 spiro atoms. The van der Waals surface area contributed by atoms with E-state index in [-0.39, 0.29) is 5.41 Å². The predicted molar refractivity (Wildman–Crippen MR) is 74.0 cm³/mol. The fourth-order valence-electron chi connectivity index (χ4n) is 1.06. The van der Waals surface area contributed by atoms with Crippen molar-refractivity contribution in [1.29, 1.82) is 0 Å². The summed E-state index contributed by atoms with van der Waals surface area (Å²) in [5.41, 5.74) is -0.00305. The Morgan fingerprint density at radius 3 is 2.44 bits per heavy atom. The molecule has 16 heavy (non-hydrogen) atoms. The number of rotatable bonds is 3. The molecule has 0 aliphatic heterocycles. The summed E-state index contributed by atoms with van der Waals surface area (Å²) >= 11 is 5.24. The van der Waals surface area contributed by atoms with Crippen molar-refractivity contribution < 1.29 is 0 Å². The van der Waals surface area contributed by atoms with E-state index < -0.39 is 0 Å². The highest BCUT2D eigenvalue weighted by molar-refractivity contribution is 9.10. The molecule has 0 saturated heterocycles. The van der Waals surface area contributed by atoms with Crippen LogP contribution in [0.15, 0.2) is 15.7 Å². The molecule has 0 atom stereocenters. The van der Waals surface area contributed by atoms with Gasteiger partial charge in [-0.2, -0.15) is 0 Å². The average Bonchev–Trinajstić information content (AvgIpc) is 2.12. The molecule has 0 unspecified atom stereocenters. The van der Waals surface area contributed by atoms with Crippen molar-refractivity contribution in [2.75, 3.05) is 5.75 Å². The van der Waals surface area contributed by atoms with E-state index in [1.165, 1.54) is 0 Å². The zero-order valence-corrected chi connectivity index (χ0v) is 12.9. The lowest BCUT2D eigenvalue weighted by Gasteiger charge is -2.17. The van der Waals surface area contributed by atoms with Crippen molar-refractivity contribution in [1.82, 2.24) is 9.97 Å². The van der Waals surface area contributed by atoms with Crippen molar-refractivity contribution in [3.8, 4) is 0 Å². The van der Waals surface area contributed by atoms with E-state index in [0.29, 0.717) is 5.92 Å². The molecule has 0 radical (unpaired) electrons. The number of halogens is 1. The van der Waals surface area contributed by atoms with Crippen LogP contribution < -0.4 is 0 Å². The molecule has 1 heterocycles. The average molecular weight is 303 g/mol. The molecular weight excluding hydrogens is 284 g/mol. The first-order valence-corrected chi connectivity index (χ1v) is 7.25. The largest absolute Gasteiger partial charge is 0.226 e. The second kappa shape index (κ2) is 5.50. The van der Waals surface area contributed by atoms with Gasteiger partial charge in [-0.25, -0.2) is 9.97 Å². The van der Waals surface area contributed by atoms with Gasteiger partial charge in [0.15, 0.2) is 0 Å². The maximum absolute atomic E-state index is 4.60. The van der Waals surface area contributed by atoms with Gasteiger partial charge in [-0.05, 0) is 21.8 Å². The highest BCUT2D eigenvalue weighted by atomic mass is 79.9. The highest BCUT2D eigenvalue weighted by Gasteiger charge is 2.18. The fourth-order valence-corrected chi connectivity index (χ4v) is 2.44. The minimum atomic E-state index is -0.00305. The second-order valence-corrected chi connectivity index (χ2v) is 7.16. The number of aromatic nitrogens is 2. The molecule has 0 aliphatic carbocycles. The molecule has 0 aromatic carbocycles. The molecule has 90 valence electrons. The first-order chi connectivity index (χ1) is 7.29. The standard InChI is InChI=1S/C12H19BrN2S/c1-8(2)7-16-10-6-9(13)14-11(15-10)12(3,4)5/h6,8H,7H2,1-5H3. The van der Waals surface area contributed by atoms with Crippen LogP contribution in [0.2, 0.25) is 0 Å². The van der Waals surface area contributed by atoms with Crippen LogP contribution in [0.5, 0.6) is 0 Å². The lowest BCUT2D eigenvalue weighted by molar-refractivity contribution is 0.536. The van der Waals surface area contributed by atoms with Gasteiger partial charge < -0.3 is 0 Å². The molecule has 0 bridgehead atoms. The molecule has 4 heteroatoms. The zero-order valence-electron chi connectivity index (χ0n) is 10.5. The number of hydrogen-bond donors (Lipinski definition) is 0. The summed E-state index contributed by atoms with van der Waals surface area (Å²) in [5, 5.41) is 1.06. The Labute approximate surface area is 111 Å². The Morgan fingerprint density at radius 1 is 1.31 bits per heavy atom. The van der Waals surface area contributed by atoms with Crippen LogP contribution in [-0.2, 0) is 5.41 Å². The summed E-state index contributed by atoms with van der Waals surface area (Å²) in [4.78, 5) is 9.02.